The highest BCUT2D eigenvalue weighted by Crippen LogP contribution is 2.32. The van der Waals surface area contributed by atoms with Crippen LogP contribution in [0, 0.1) is 0 Å². The van der Waals surface area contributed by atoms with Crippen LogP contribution >= 0.6 is 31.9 Å². The SMILES string of the molecule is CCCC[C@H](N)c1cc(Br)cc(Br)c1N. The van der Waals surface area contributed by atoms with E-state index >= 15 is 0 Å². The van der Waals surface area contributed by atoms with Crippen LogP contribution in [-0.2, 0) is 0 Å². The summed E-state index contributed by atoms with van der Waals surface area (Å²) < 4.78 is 1.91. The largest absolute Gasteiger partial charge is 0.398 e. The number of hydrogen-bond acceptors (Lipinski definition) is 2. The maximum absolute atomic E-state index is 6.10. The molecule has 0 amide bonds. The van der Waals surface area contributed by atoms with Gasteiger partial charge in [0.15, 0.2) is 0 Å². The van der Waals surface area contributed by atoms with Gasteiger partial charge in [0, 0.05) is 15.0 Å². The molecule has 2 nitrogen and oxygen atoms in total. The summed E-state index contributed by atoms with van der Waals surface area (Å²) in [5.74, 6) is 0. The van der Waals surface area contributed by atoms with E-state index in [1.165, 1.54) is 0 Å². The van der Waals surface area contributed by atoms with E-state index in [1.54, 1.807) is 0 Å². The lowest BCUT2D eigenvalue weighted by Gasteiger charge is -2.15. The second-order valence-corrected chi connectivity index (χ2v) is 5.41. The van der Waals surface area contributed by atoms with E-state index in [0.29, 0.717) is 0 Å². The van der Waals surface area contributed by atoms with Crippen molar-refractivity contribution in [2.45, 2.75) is 32.2 Å². The third-order valence-corrected chi connectivity index (χ3v) is 3.51. The summed E-state index contributed by atoms with van der Waals surface area (Å²) in [7, 11) is 0. The van der Waals surface area contributed by atoms with Crippen LogP contribution in [0.15, 0.2) is 21.1 Å². The molecule has 0 aliphatic carbocycles. The number of hydrogen-bond donors (Lipinski definition) is 2. The fraction of sp³-hybridized carbons (Fsp3) is 0.455. The first-order valence-corrected chi connectivity index (χ1v) is 6.64. The van der Waals surface area contributed by atoms with Crippen LogP contribution < -0.4 is 11.5 Å². The Morgan fingerprint density at radius 2 is 2.00 bits per heavy atom. The molecule has 84 valence electrons. The van der Waals surface area contributed by atoms with Crippen LogP contribution in [0.3, 0.4) is 0 Å². The zero-order valence-corrected chi connectivity index (χ0v) is 11.9. The summed E-state index contributed by atoms with van der Waals surface area (Å²) in [6, 6.07) is 3.96. The van der Waals surface area contributed by atoms with E-state index in [1.807, 2.05) is 12.1 Å². The summed E-state index contributed by atoms with van der Waals surface area (Å²) in [6.45, 7) is 2.16. The summed E-state index contributed by atoms with van der Waals surface area (Å²) in [5.41, 5.74) is 13.8. The van der Waals surface area contributed by atoms with Gasteiger partial charge in [-0.3, -0.25) is 0 Å². The lowest BCUT2D eigenvalue weighted by molar-refractivity contribution is 0.604. The molecule has 0 fully saturated rings. The maximum atomic E-state index is 6.10. The van der Waals surface area contributed by atoms with Gasteiger partial charge in [-0.2, -0.15) is 0 Å². The Morgan fingerprint density at radius 1 is 1.33 bits per heavy atom. The van der Waals surface area contributed by atoms with E-state index in [2.05, 4.69) is 38.8 Å². The number of halogens is 2. The highest BCUT2D eigenvalue weighted by atomic mass is 79.9. The van der Waals surface area contributed by atoms with Gasteiger partial charge >= 0.3 is 0 Å². The molecule has 0 aliphatic heterocycles. The Bertz CT molecular complexity index is 340. The highest BCUT2D eigenvalue weighted by Gasteiger charge is 2.12. The van der Waals surface area contributed by atoms with Gasteiger partial charge in [0.05, 0.1) is 5.69 Å². The van der Waals surface area contributed by atoms with E-state index in [0.717, 1.165) is 39.5 Å². The third kappa shape index (κ3) is 3.47. The standard InChI is InChI=1S/C11H16Br2N2/c1-2-3-4-10(14)8-5-7(12)6-9(13)11(8)15/h5-6,10H,2-4,14-15H2,1H3/t10-/m0/s1. The van der Waals surface area contributed by atoms with E-state index in [-0.39, 0.29) is 6.04 Å². The molecule has 0 saturated carbocycles. The fourth-order valence-corrected chi connectivity index (χ4v) is 2.75. The number of nitrogens with two attached hydrogens (primary N) is 2. The molecule has 1 aromatic carbocycles. The minimum Gasteiger partial charge on any atom is -0.398 e. The van der Waals surface area contributed by atoms with Crippen molar-refractivity contribution in [1.82, 2.24) is 0 Å². The summed E-state index contributed by atoms with van der Waals surface area (Å²) in [6.07, 6.45) is 3.26. The molecule has 0 heterocycles. The van der Waals surface area contributed by atoms with Crippen molar-refractivity contribution in [2.24, 2.45) is 5.73 Å². The molecule has 0 spiro atoms. The first kappa shape index (κ1) is 13.0. The lowest BCUT2D eigenvalue weighted by atomic mass is 10.0. The van der Waals surface area contributed by atoms with Crippen molar-refractivity contribution in [3.05, 3.63) is 26.6 Å². The monoisotopic (exact) mass is 334 g/mol. The molecule has 1 rings (SSSR count). The van der Waals surface area contributed by atoms with Gasteiger partial charge in [-0.25, -0.2) is 0 Å². The Balaban J connectivity index is 2.92. The minimum atomic E-state index is 0.0266. The Morgan fingerprint density at radius 3 is 2.60 bits per heavy atom. The minimum absolute atomic E-state index is 0.0266. The van der Waals surface area contributed by atoms with Crippen molar-refractivity contribution in [3.63, 3.8) is 0 Å². The summed E-state index contributed by atoms with van der Waals surface area (Å²) >= 11 is 6.87. The highest BCUT2D eigenvalue weighted by molar-refractivity contribution is 9.11. The van der Waals surface area contributed by atoms with Crippen molar-refractivity contribution in [2.75, 3.05) is 5.73 Å². The van der Waals surface area contributed by atoms with E-state index in [9.17, 15) is 0 Å². The van der Waals surface area contributed by atoms with E-state index < -0.39 is 0 Å². The zero-order valence-electron chi connectivity index (χ0n) is 8.76. The summed E-state index contributed by atoms with van der Waals surface area (Å²) in [5, 5.41) is 0. The fourth-order valence-electron chi connectivity index (χ4n) is 1.49. The summed E-state index contributed by atoms with van der Waals surface area (Å²) in [4.78, 5) is 0. The van der Waals surface area contributed by atoms with Gasteiger partial charge in [0.25, 0.3) is 0 Å². The van der Waals surface area contributed by atoms with Gasteiger partial charge < -0.3 is 11.5 Å². The van der Waals surface area contributed by atoms with Gasteiger partial charge in [-0.15, -0.1) is 0 Å². The quantitative estimate of drug-likeness (QED) is 0.817. The molecule has 0 aromatic heterocycles. The molecule has 4 heteroatoms. The number of unbranched alkanes of at least 4 members (excludes halogenated alkanes) is 1. The van der Waals surface area contributed by atoms with Crippen LogP contribution in [0.4, 0.5) is 5.69 Å². The Hall–Kier alpha value is -0.0600. The van der Waals surface area contributed by atoms with Crippen molar-refractivity contribution >= 4 is 37.5 Å². The smallest absolute Gasteiger partial charge is 0.0507 e. The third-order valence-electron chi connectivity index (χ3n) is 2.39. The number of benzene rings is 1. The predicted octanol–water partition coefficient (Wildman–Crippen LogP) is 3.98. The average Bonchev–Trinajstić information content (AvgIpc) is 2.19. The number of anilines is 1. The second-order valence-electron chi connectivity index (χ2n) is 3.64. The average molecular weight is 336 g/mol. The molecule has 0 saturated heterocycles. The predicted molar refractivity (Wildman–Crippen MR) is 72.7 cm³/mol. The number of rotatable bonds is 4. The lowest BCUT2D eigenvalue weighted by Crippen LogP contribution is -2.12. The first-order chi connectivity index (χ1) is 7.06. The topological polar surface area (TPSA) is 52.0 Å². The van der Waals surface area contributed by atoms with E-state index in [4.69, 9.17) is 11.5 Å². The van der Waals surface area contributed by atoms with Crippen LogP contribution in [0.5, 0.6) is 0 Å². The normalized spacial score (nSPS) is 12.8. The van der Waals surface area contributed by atoms with Crippen LogP contribution in [0.1, 0.15) is 37.8 Å². The van der Waals surface area contributed by atoms with Crippen molar-refractivity contribution < 1.29 is 0 Å². The van der Waals surface area contributed by atoms with Gasteiger partial charge in [-0.05, 0) is 40.0 Å². The molecule has 4 N–H and O–H groups in total. The molecule has 0 bridgehead atoms. The zero-order chi connectivity index (χ0) is 11.4. The Labute approximate surface area is 108 Å². The number of nitrogen functional groups attached to an aromatic ring is 1. The Kier molecular flexibility index (Phi) is 5.09. The maximum Gasteiger partial charge on any atom is 0.0507 e. The van der Waals surface area contributed by atoms with Crippen molar-refractivity contribution in [1.29, 1.82) is 0 Å². The molecule has 15 heavy (non-hydrogen) atoms. The molecule has 0 aliphatic rings. The van der Waals surface area contributed by atoms with Crippen LogP contribution in [0.25, 0.3) is 0 Å². The first-order valence-electron chi connectivity index (χ1n) is 5.06. The van der Waals surface area contributed by atoms with Gasteiger partial charge in [-0.1, -0.05) is 35.7 Å². The molecule has 1 atom stereocenters. The van der Waals surface area contributed by atoms with Gasteiger partial charge in [0.2, 0.25) is 0 Å². The molecular formula is C11H16Br2N2. The second kappa shape index (κ2) is 5.87. The molecule has 0 unspecified atom stereocenters. The van der Waals surface area contributed by atoms with Crippen molar-refractivity contribution in [3.8, 4) is 0 Å². The van der Waals surface area contributed by atoms with Crippen LogP contribution in [0.2, 0.25) is 0 Å². The molecule has 0 radical (unpaired) electrons. The molecular weight excluding hydrogens is 320 g/mol. The van der Waals surface area contributed by atoms with Gasteiger partial charge in [0.1, 0.15) is 0 Å². The molecule has 1 aromatic rings. The van der Waals surface area contributed by atoms with Crippen LogP contribution in [-0.4, -0.2) is 0 Å².